The van der Waals surface area contributed by atoms with Crippen LogP contribution < -0.4 is 0 Å². The average molecular weight is 179 g/mol. The molecule has 1 heterocycles. The van der Waals surface area contributed by atoms with Gasteiger partial charge in [0.15, 0.2) is 11.6 Å². The Balaban J connectivity index is 2.59. The van der Waals surface area contributed by atoms with Crippen molar-refractivity contribution in [1.29, 1.82) is 0 Å². The van der Waals surface area contributed by atoms with Crippen molar-refractivity contribution in [3.63, 3.8) is 0 Å². The number of hydrogen-bond acceptors (Lipinski definition) is 3. The lowest BCUT2D eigenvalue weighted by atomic mass is 10.1. The van der Waals surface area contributed by atoms with E-state index in [1.807, 2.05) is 0 Å². The zero-order chi connectivity index (χ0) is 9.26. The molecule has 0 amide bonds. The Morgan fingerprint density at radius 2 is 2.23 bits per heavy atom. The number of hydrogen-bond donors (Lipinski definition) is 2. The maximum absolute atomic E-state index is 13.2. The van der Waals surface area contributed by atoms with Crippen molar-refractivity contribution >= 4 is 0 Å². The fraction of sp³-hybridized carbons (Fsp3) is 0. The second kappa shape index (κ2) is 2.85. The van der Waals surface area contributed by atoms with Gasteiger partial charge in [0.1, 0.15) is 5.69 Å². The number of aromatic nitrogens is 3. The van der Waals surface area contributed by atoms with Crippen LogP contribution >= 0.6 is 0 Å². The maximum Gasteiger partial charge on any atom is 0.174 e. The van der Waals surface area contributed by atoms with E-state index in [0.717, 1.165) is 0 Å². The van der Waals surface area contributed by atoms with E-state index >= 15 is 0 Å². The van der Waals surface area contributed by atoms with Crippen LogP contribution in [-0.2, 0) is 0 Å². The molecule has 0 radical (unpaired) electrons. The van der Waals surface area contributed by atoms with Gasteiger partial charge in [0, 0.05) is 5.56 Å². The highest BCUT2D eigenvalue weighted by atomic mass is 19.1. The summed E-state index contributed by atoms with van der Waals surface area (Å²) in [6, 6.07) is 4.34. The zero-order valence-electron chi connectivity index (χ0n) is 6.53. The molecule has 0 aliphatic rings. The zero-order valence-corrected chi connectivity index (χ0v) is 6.53. The molecule has 0 aliphatic carbocycles. The van der Waals surface area contributed by atoms with Crippen LogP contribution in [-0.4, -0.2) is 20.5 Å². The number of aromatic amines is 1. The van der Waals surface area contributed by atoms with Crippen molar-refractivity contribution in [2.75, 3.05) is 0 Å². The molecule has 2 rings (SSSR count). The Morgan fingerprint density at radius 1 is 1.38 bits per heavy atom. The number of benzene rings is 1. The Kier molecular flexibility index (Phi) is 1.70. The summed E-state index contributed by atoms with van der Waals surface area (Å²) in [4.78, 5) is 0. The highest BCUT2D eigenvalue weighted by Gasteiger charge is 2.10. The maximum atomic E-state index is 13.2. The van der Waals surface area contributed by atoms with Crippen LogP contribution in [0.3, 0.4) is 0 Å². The molecular weight excluding hydrogens is 173 g/mol. The minimum Gasteiger partial charge on any atom is -0.505 e. The fourth-order valence-electron chi connectivity index (χ4n) is 1.05. The first-order chi connectivity index (χ1) is 6.29. The second-order valence-corrected chi connectivity index (χ2v) is 2.49. The first kappa shape index (κ1) is 7.72. The van der Waals surface area contributed by atoms with E-state index in [1.165, 1.54) is 18.3 Å². The molecule has 0 spiro atoms. The van der Waals surface area contributed by atoms with Crippen LogP contribution in [0.1, 0.15) is 0 Å². The summed E-state index contributed by atoms with van der Waals surface area (Å²) in [5.74, 6) is -1.07. The van der Waals surface area contributed by atoms with Crippen molar-refractivity contribution in [3.8, 4) is 17.0 Å². The third-order valence-electron chi connectivity index (χ3n) is 1.67. The Morgan fingerprint density at radius 3 is 2.92 bits per heavy atom. The minimum absolute atomic E-state index is 0.230. The molecule has 66 valence electrons. The van der Waals surface area contributed by atoms with Gasteiger partial charge in [-0.1, -0.05) is 6.07 Å². The Bertz CT molecular complexity index is 413. The summed E-state index contributed by atoms with van der Waals surface area (Å²) in [5, 5.41) is 18.7. The van der Waals surface area contributed by atoms with Crippen LogP contribution in [0.25, 0.3) is 11.3 Å². The van der Waals surface area contributed by atoms with E-state index in [9.17, 15) is 4.39 Å². The van der Waals surface area contributed by atoms with Crippen molar-refractivity contribution < 1.29 is 9.50 Å². The normalized spacial score (nSPS) is 10.2. The molecule has 0 bridgehead atoms. The van der Waals surface area contributed by atoms with Gasteiger partial charge < -0.3 is 5.11 Å². The summed E-state index contributed by atoms with van der Waals surface area (Å²) < 4.78 is 13.2. The summed E-state index contributed by atoms with van der Waals surface area (Å²) in [6.07, 6.45) is 1.39. The summed E-state index contributed by atoms with van der Waals surface area (Å²) in [7, 11) is 0. The lowest BCUT2D eigenvalue weighted by molar-refractivity contribution is 0.433. The van der Waals surface area contributed by atoms with E-state index in [-0.39, 0.29) is 11.3 Å². The molecule has 0 unspecified atom stereocenters. The number of halogens is 1. The van der Waals surface area contributed by atoms with Crippen LogP contribution in [0, 0.1) is 5.82 Å². The predicted octanol–water partition coefficient (Wildman–Crippen LogP) is 1.32. The molecule has 1 aromatic carbocycles. The SMILES string of the molecule is Oc1cccc(-c2cn[nH]n2)c1F. The largest absolute Gasteiger partial charge is 0.505 e. The fourth-order valence-corrected chi connectivity index (χ4v) is 1.05. The summed E-state index contributed by atoms with van der Waals surface area (Å²) in [6.45, 7) is 0. The molecule has 0 saturated carbocycles. The van der Waals surface area contributed by atoms with Crippen molar-refractivity contribution in [3.05, 3.63) is 30.2 Å². The number of nitrogens with zero attached hydrogens (tertiary/aromatic N) is 2. The molecular formula is C8H6FN3O. The van der Waals surface area contributed by atoms with Crippen molar-refractivity contribution in [2.45, 2.75) is 0 Å². The van der Waals surface area contributed by atoms with Gasteiger partial charge in [0.2, 0.25) is 0 Å². The minimum atomic E-state index is -0.684. The molecule has 1 aromatic heterocycles. The molecule has 0 saturated heterocycles. The van der Waals surface area contributed by atoms with Gasteiger partial charge in [-0.05, 0) is 12.1 Å². The molecule has 2 N–H and O–H groups in total. The Hall–Kier alpha value is -1.91. The number of phenolic OH excluding ortho intramolecular Hbond substituents is 1. The van der Waals surface area contributed by atoms with Gasteiger partial charge >= 0.3 is 0 Å². The average Bonchev–Trinajstić information content (AvgIpc) is 2.62. The quantitative estimate of drug-likeness (QED) is 0.693. The molecule has 0 aliphatic heterocycles. The van der Waals surface area contributed by atoms with Crippen molar-refractivity contribution in [1.82, 2.24) is 15.4 Å². The first-order valence-corrected chi connectivity index (χ1v) is 3.62. The smallest absolute Gasteiger partial charge is 0.174 e. The third-order valence-corrected chi connectivity index (χ3v) is 1.67. The van der Waals surface area contributed by atoms with Gasteiger partial charge in [-0.2, -0.15) is 15.4 Å². The van der Waals surface area contributed by atoms with E-state index in [2.05, 4.69) is 15.4 Å². The van der Waals surface area contributed by atoms with Crippen LogP contribution in [0.4, 0.5) is 4.39 Å². The topological polar surface area (TPSA) is 61.8 Å². The second-order valence-electron chi connectivity index (χ2n) is 2.49. The van der Waals surface area contributed by atoms with E-state index in [4.69, 9.17) is 5.11 Å². The molecule has 13 heavy (non-hydrogen) atoms. The van der Waals surface area contributed by atoms with E-state index in [0.29, 0.717) is 5.69 Å². The van der Waals surface area contributed by atoms with Crippen LogP contribution in [0.2, 0.25) is 0 Å². The summed E-state index contributed by atoms with van der Waals surface area (Å²) >= 11 is 0. The van der Waals surface area contributed by atoms with Crippen molar-refractivity contribution in [2.24, 2.45) is 0 Å². The molecule has 4 nitrogen and oxygen atoms in total. The van der Waals surface area contributed by atoms with Gasteiger partial charge in [-0.15, -0.1) is 0 Å². The number of phenols is 1. The third kappa shape index (κ3) is 1.24. The highest BCUT2D eigenvalue weighted by Crippen LogP contribution is 2.25. The van der Waals surface area contributed by atoms with Gasteiger partial charge in [-0.3, -0.25) is 0 Å². The molecule has 0 fully saturated rings. The molecule has 0 atom stereocenters. The highest BCUT2D eigenvalue weighted by molar-refractivity contribution is 5.60. The lowest BCUT2D eigenvalue weighted by Crippen LogP contribution is -1.84. The van der Waals surface area contributed by atoms with Crippen LogP contribution in [0.15, 0.2) is 24.4 Å². The van der Waals surface area contributed by atoms with E-state index in [1.54, 1.807) is 6.07 Å². The molecule has 5 heteroatoms. The standard InChI is InChI=1S/C8H6FN3O/c9-8-5(2-1-3-7(8)13)6-4-10-12-11-6/h1-4,13H,(H,10,11,12). The monoisotopic (exact) mass is 179 g/mol. The first-order valence-electron chi connectivity index (χ1n) is 3.62. The van der Waals surface area contributed by atoms with E-state index < -0.39 is 5.82 Å². The van der Waals surface area contributed by atoms with Gasteiger partial charge in [0.05, 0.1) is 6.20 Å². The number of rotatable bonds is 1. The molecule has 2 aromatic rings. The number of nitrogens with one attached hydrogen (secondary N) is 1. The summed E-state index contributed by atoms with van der Waals surface area (Å²) in [5.41, 5.74) is 0.599. The van der Waals surface area contributed by atoms with Gasteiger partial charge in [0.25, 0.3) is 0 Å². The lowest BCUT2D eigenvalue weighted by Gasteiger charge is -1.99. The van der Waals surface area contributed by atoms with Crippen LogP contribution in [0.5, 0.6) is 5.75 Å². The number of H-pyrrole nitrogens is 1. The predicted molar refractivity (Wildman–Crippen MR) is 43.4 cm³/mol. The van der Waals surface area contributed by atoms with Gasteiger partial charge in [-0.25, -0.2) is 4.39 Å². The number of aromatic hydroxyl groups is 1. The Labute approximate surface area is 73.0 Å².